The molecule has 0 bridgehead atoms. The molecule has 2 amide bonds. The number of likely N-dealkylation sites (tertiary alicyclic amines) is 1. The summed E-state index contributed by atoms with van der Waals surface area (Å²) in [4.78, 5) is 35.4. The van der Waals surface area contributed by atoms with Crippen LogP contribution in [0.3, 0.4) is 0 Å². The van der Waals surface area contributed by atoms with E-state index < -0.39 is 0 Å². The summed E-state index contributed by atoms with van der Waals surface area (Å²) in [5.74, 6) is 0.637. The Hall–Kier alpha value is -3.74. The Labute approximate surface area is 193 Å². The van der Waals surface area contributed by atoms with Gasteiger partial charge in [0.15, 0.2) is 6.61 Å². The van der Waals surface area contributed by atoms with Crippen LogP contribution in [-0.2, 0) is 4.79 Å². The van der Waals surface area contributed by atoms with E-state index >= 15 is 0 Å². The van der Waals surface area contributed by atoms with Gasteiger partial charge in [0, 0.05) is 49.2 Å². The quantitative estimate of drug-likeness (QED) is 0.628. The SMILES string of the molecule is CNC(=O)c1ccc(-c2cc(C)nc([C@@H]3CCCN(C(=O)COc4ccccc4)C3)c2)cn1. The zero-order chi connectivity index (χ0) is 23.2. The van der Waals surface area contributed by atoms with Crippen molar-refractivity contribution in [1.82, 2.24) is 20.2 Å². The number of amides is 2. The van der Waals surface area contributed by atoms with E-state index in [0.717, 1.165) is 41.9 Å². The van der Waals surface area contributed by atoms with Crippen molar-refractivity contribution >= 4 is 11.8 Å². The minimum atomic E-state index is -0.212. The van der Waals surface area contributed by atoms with Gasteiger partial charge in [-0.15, -0.1) is 0 Å². The van der Waals surface area contributed by atoms with Crippen LogP contribution in [0, 0.1) is 6.92 Å². The molecule has 1 fully saturated rings. The maximum absolute atomic E-state index is 12.8. The Morgan fingerprint density at radius 1 is 1.12 bits per heavy atom. The number of aromatic nitrogens is 2. The molecule has 1 atom stereocenters. The van der Waals surface area contributed by atoms with Crippen molar-refractivity contribution in [1.29, 1.82) is 0 Å². The average Bonchev–Trinajstić information content (AvgIpc) is 2.87. The lowest BCUT2D eigenvalue weighted by Gasteiger charge is -2.32. The van der Waals surface area contributed by atoms with Gasteiger partial charge in [0.2, 0.25) is 0 Å². The van der Waals surface area contributed by atoms with E-state index in [2.05, 4.69) is 16.4 Å². The molecule has 1 saturated heterocycles. The summed E-state index contributed by atoms with van der Waals surface area (Å²) in [6.07, 6.45) is 3.61. The standard InChI is InChI=1S/C26H28N4O3/c1-18-13-21(19-10-11-23(28-15-19)26(32)27-2)14-24(29-18)20-7-6-12-30(16-20)25(31)17-33-22-8-4-3-5-9-22/h3-5,8-11,13-15,20H,6-7,12,16-17H2,1-2H3,(H,27,32)/t20-/m1/s1. The summed E-state index contributed by atoms with van der Waals surface area (Å²) in [5.41, 5.74) is 4.20. The Kier molecular flexibility index (Phi) is 6.98. The molecular weight excluding hydrogens is 416 g/mol. The number of benzene rings is 1. The molecule has 0 radical (unpaired) electrons. The topological polar surface area (TPSA) is 84.4 Å². The van der Waals surface area contributed by atoms with Crippen LogP contribution in [-0.4, -0.2) is 53.4 Å². The van der Waals surface area contributed by atoms with Crippen molar-refractivity contribution in [2.75, 3.05) is 26.7 Å². The number of aryl methyl sites for hydroxylation is 1. The van der Waals surface area contributed by atoms with Gasteiger partial charge in [-0.1, -0.05) is 24.3 Å². The minimum absolute atomic E-state index is 0.00887. The molecule has 33 heavy (non-hydrogen) atoms. The largest absolute Gasteiger partial charge is 0.484 e. The number of para-hydroxylation sites is 1. The molecule has 3 heterocycles. The van der Waals surface area contributed by atoms with Gasteiger partial charge in [-0.05, 0) is 55.7 Å². The van der Waals surface area contributed by atoms with E-state index in [-0.39, 0.29) is 24.3 Å². The zero-order valence-corrected chi connectivity index (χ0v) is 19.0. The molecule has 0 saturated carbocycles. The second-order valence-electron chi connectivity index (χ2n) is 8.21. The lowest BCUT2D eigenvalue weighted by atomic mass is 9.92. The number of hydrogen-bond donors (Lipinski definition) is 1. The highest BCUT2D eigenvalue weighted by atomic mass is 16.5. The van der Waals surface area contributed by atoms with Crippen LogP contribution >= 0.6 is 0 Å². The highest BCUT2D eigenvalue weighted by molar-refractivity contribution is 5.92. The first-order chi connectivity index (χ1) is 16.0. The van der Waals surface area contributed by atoms with Crippen LogP contribution in [0.1, 0.15) is 40.6 Å². The Balaban J connectivity index is 1.46. The van der Waals surface area contributed by atoms with Crippen LogP contribution in [0.5, 0.6) is 5.75 Å². The van der Waals surface area contributed by atoms with Gasteiger partial charge in [0.1, 0.15) is 11.4 Å². The zero-order valence-electron chi connectivity index (χ0n) is 19.0. The number of carbonyl (C=O) groups excluding carboxylic acids is 2. The second kappa shape index (κ2) is 10.3. The maximum Gasteiger partial charge on any atom is 0.269 e. The minimum Gasteiger partial charge on any atom is -0.484 e. The molecule has 170 valence electrons. The predicted molar refractivity (Wildman–Crippen MR) is 126 cm³/mol. The number of nitrogens with one attached hydrogen (secondary N) is 1. The summed E-state index contributed by atoms with van der Waals surface area (Å²) in [5, 5.41) is 2.58. The fraction of sp³-hybridized carbons (Fsp3) is 0.308. The van der Waals surface area contributed by atoms with Gasteiger partial charge in [0.05, 0.1) is 0 Å². The molecule has 3 aromatic rings. The van der Waals surface area contributed by atoms with E-state index in [0.29, 0.717) is 18.0 Å². The van der Waals surface area contributed by atoms with E-state index in [4.69, 9.17) is 9.72 Å². The van der Waals surface area contributed by atoms with Crippen molar-refractivity contribution in [2.24, 2.45) is 0 Å². The van der Waals surface area contributed by atoms with Crippen LogP contribution in [0.25, 0.3) is 11.1 Å². The van der Waals surface area contributed by atoms with Gasteiger partial charge in [-0.3, -0.25) is 19.6 Å². The first-order valence-electron chi connectivity index (χ1n) is 11.2. The fourth-order valence-electron chi connectivity index (χ4n) is 4.10. The van der Waals surface area contributed by atoms with Gasteiger partial charge >= 0.3 is 0 Å². The number of ether oxygens (including phenoxy) is 1. The highest BCUT2D eigenvalue weighted by Gasteiger charge is 2.26. The first-order valence-corrected chi connectivity index (χ1v) is 11.2. The van der Waals surface area contributed by atoms with Crippen LogP contribution in [0.4, 0.5) is 0 Å². The number of hydrogen-bond acceptors (Lipinski definition) is 5. The van der Waals surface area contributed by atoms with Crippen molar-refractivity contribution < 1.29 is 14.3 Å². The van der Waals surface area contributed by atoms with Gasteiger partial charge in [-0.2, -0.15) is 0 Å². The number of piperidine rings is 1. The third-order valence-electron chi connectivity index (χ3n) is 5.83. The third kappa shape index (κ3) is 5.55. The highest BCUT2D eigenvalue weighted by Crippen LogP contribution is 2.29. The molecule has 0 aliphatic carbocycles. The van der Waals surface area contributed by atoms with Crippen LogP contribution in [0.2, 0.25) is 0 Å². The van der Waals surface area contributed by atoms with Crippen molar-refractivity contribution in [3.8, 4) is 16.9 Å². The second-order valence-corrected chi connectivity index (χ2v) is 8.21. The van der Waals surface area contributed by atoms with Gasteiger partial charge in [-0.25, -0.2) is 0 Å². The molecule has 1 aliphatic heterocycles. The normalized spacial score (nSPS) is 15.7. The average molecular weight is 445 g/mol. The van der Waals surface area contributed by atoms with E-state index in [1.807, 2.05) is 54.3 Å². The molecule has 4 rings (SSSR count). The molecule has 7 heteroatoms. The van der Waals surface area contributed by atoms with Crippen molar-refractivity contribution in [2.45, 2.75) is 25.7 Å². The third-order valence-corrected chi connectivity index (χ3v) is 5.83. The summed E-state index contributed by atoms with van der Waals surface area (Å²) in [6, 6.07) is 17.1. The Morgan fingerprint density at radius 2 is 1.94 bits per heavy atom. The summed E-state index contributed by atoms with van der Waals surface area (Å²) in [6.45, 7) is 3.36. The molecule has 0 spiro atoms. The fourth-order valence-corrected chi connectivity index (χ4v) is 4.10. The van der Waals surface area contributed by atoms with E-state index in [1.165, 1.54) is 0 Å². The molecule has 7 nitrogen and oxygen atoms in total. The number of nitrogens with zero attached hydrogens (tertiary/aromatic N) is 3. The Bertz CT molecular complexity index is 1120. The molecular formula is C26H28N4O3. The van der Waals surface area contributed by atoms with Crippen LogP contribution in [0.15, 0.2) is 60.8 Å². The van der Waals surface area contributed by atoms with E-state index in [1.54, 1.807) is 19.3 Å². The lowest BCUT2D eigenvalue weighted by Crippen LogP contribution is -2.41. The van der Waals surface area contributed by atoms with Crippen molar-refractivity contribution in [3.05, 3.63) is 77.9 Å². The molecule has 1 aliphatic rings. The van der Waals surface area contributed by atoms with Crippen molar-refractivity contribution in [3.63, 3.8) is 0 Å². The summed E-state index contributed by atoms with van der Waals surface area (Å²) in [7, 11) is 1.59. The maximum atomic E-state index is 12.8. The van der Waals surface area contributed by atoms with Crippen LogP contribution < -0.4 is 10.1 Å². The Morgan fingerprint density at radius 3 is 2.67 bits per heavy atom. The molecule has 1 N–H and O–H groups in total. The summed E-state index contributed by atoms with van der Waals surface area (Å²) >= 11 is 0. The number of rotatable bonds is 6. The van der Waals surface area contributed by atoms with Gasteiger partial charge < -0.3 is 15.0 Å². The molecule has 1 aromatic carbocycles. The van der Waals surface area contributed by atoms with E-state index in [9.17, 15) is 9.59 Å². The predicted octanol–water partition coefficient (Wildman–Crippen LogP) is 3.60. The smallest absolute Gasteiger partial charge is 0.269 e. The lowest BCUT2D eigenvalue weighted by molar-refractivity contribution is -0.134. The molecule has 2 aromatic heterocycles. The number of carbonyl (C=O) groups is 2. The monoisotopic (exact) mass is 444 g/mol. The van der Waals surface area contributed by atoms with Gasteiger partial charge in [0.25, 0.3) is 11.8 Å². The molecule has 0 unspecified atom stereocenters. The summed E-state index contributed by atoms with van der Waals surface area (Å²) < 4.78 is 5.65. The first kappa shape index (κ1) is 22.5. The number of pyridine rings is 2.